The number of amides is 1. The van der Waals surface area contributed by atoms with E-state index in [1.165, 1.54) is 0 Å². The van der Waals surface area contributed by atoms with Gasteiger partial charge in [-0.05, 0) is 25.0 Å². The minimum absolute atomic E-state index is 0.0147. The highest BCUT2D eigenvalue weighted by molar-refractivity contribution is 5.94. The molecule has 0 spiro atoms. The van der Waals surface area contributed by atoms with Gasteiger partial charge >= 0.3 is 0 Å². The van der Waals surface area contributed by atoms with Crippen molar-refractivity contribution in [2.24, 2.45) is 0 Å². The Labute approximate surface area is 156 Å². The minimum Gasteiger partial charge on any atom is -0.336 e. The third-order valence-electron chi connectivity index (χ3n) is 4.67. The van der Waals surface area contributed by atoms with Gasteiger partial charge in [-0.25, -0.2) is 4.68 Å². The van der Waals surface area contributed by atoms with Gasteiger partial charge in [-0.15, -0.1) is 5.10 Å². The maximum Gasteiger partial charge on any atom is 0.280 e. The zero-order valence-corrected chi connectivity index (χ0v) is 15.3. The Hall–Kier alpha value is -3.10. The van der Waals surface area contributed by atoms with Gasteiger partial charge in [0.2, 0.25) is 0 Å². The van der Waals surface area contributed by atoms with E-state index < -0.39 is 0 Å². The first-order valence-electron chi connectivity index (χ1n) is 9.07. The van der Waals surface area contributed by atoms with Crippen LogP contribution in [0, 0.1) is 0 Å². The maximum atomic E-state index is 12.7. The Morgan fingerprint density at radius 2 is 2.11 bits per heavy atom. The molecule has 0 aliphatic carbocycles. The Bertz CT molecular complexity index is 919. The quantitative estimate of drug-likeness (QED) is 0.697. The molecule has 1 saturated heterocycles. The summed E-state index contributed by atoms with van der Waals surface area (Å²) in [6.45, 7) is 5.33. The molecular weight excluding hydrogens is 346 g/mol. The summed E-state index contributed by atoms with van der Waals surface area (Å²) in [4.78, 5) is 22.9. The molecule has 3 aromatic heterocycles. The molecule has 9 nitrogen and oxygen atoms in total. The lowest BCUT2D eigenvalue weighted by molar-refractivity contribution is 0.0671. The molecule has 1 amide bonds. The van der Waals surface area contributed by atoms with Gasteiger partial charge in [-0.3, -0.25) is 9.78 Å². The van der Waals surface area contributed by atoms with E-state index in [2.05, 4.69) is 25.4 Å². The van der Waals surface area contributed by atoms with Crippen molar-refractivity contribution < 1.29 is 9.32 Å². The van der Waals surface area contributed by atoms with Crippen molar-refractivity contribution in [2.75, 3.05) is 13.1 Å². The molecule has 1 aliphatic rings. The number of pyridine rings is 1. The van der Waals surface area contributed by atoms with Crippen molar-refractivity contribution in [3.05, 3.63) is 42.1 Å². The van der Waals surface area contributed by atoms with Crippen molar-refractivity contribution in [3.8, 4) is 11.6 Å². The smallest absolute Gasteiger partial charge is 0.280 e. The van der Waals surface area contributed by atoms with Gasteiger partial charge in [0.1, 0.15) is 0 Å². The lowest BCUT2D eigenvalue weighted by atomic mass is 10.0. The van der Waals surface area contributed by atoms with Gasteiger partial charge in [0.15, 0.2) is 11.5 Å². The molecule has 0 aromatic carbocycles. The first-order chi connectivity index (χ1) is 13.1. The Morgan fingerprint density at radius 3 is 2.85 bits per heavy atom. The summed E-state index contributed by atoms with van der Waals surface area (Å²) in [6, 6.07) is 3.54. The first kappa shape index (κ1) is 17.3. The summed E-state index contributed by atoms with van der Waals surface area (Å²) < 4.78 is 7.07. The van der Waals surface area contributed by atoms with Gasteiger partial charge in [-0.2, -0.15) is 4.98 Å². The van der Waals surface area contributed by atoms with E-state index >= 15 is 0 Å². The number of piperidine rings is 1. The van der Waals surface area contributed by atoms with Crippen LogP contribution in [0.3, 0.4) is 0 Å². The van der Waals surface area contributed by atoms with Crippen LogP contribution in [0.1, 0.15) is 54.8 Å². The summed E-state index contributed by atoms with van der Waals surface area (Å²) >= 11 is 0. The molecular formula is C18H21N7O2. The lowest BCUT2D eigenvalue weighted by Gasteiger charge is -2.32. The molecule has 4 heterocycles. The number of aromatic nitrogens is 6. The number of carbonyl (C=O) groups is 1. The number of nitrogens with zero attached hydrogens (tertiary/aromatic N) is 7. The standard InChI is InChI=1S/C18H21N7O2/c1-12(2)16-20-17(27-22-16)15-11-25(23-21-15)14-4-3-9-24(10-14)18(26)13-5-7-19-8-6-13/h5-8,11-12,14H,3-4,9-10H2,1-2H3/t14-/m1/s1. The van der Waals surface area contributed by atoms with Crippen LogP contribution in [0.15, 0.2) is 35.2 Å². The monoisotopic (exact) mass is 367 g/mol. The molecule has 140 valence electrons. The topological polar surface area (TPSA) is 103 Å². The van der Waals surface area contributed by atoms with Gasteiger partial charge in [-0.1, -0.05) is 24.2 Å². The lowest BCUT2D eigenvalue weighted by Crippen LogP contribution is -2.40. The number of rotatable bonds is 4. The summed E-state index contributed by atoms with van der Waals surface area (Å²) in [6.07, 6.45) is 6.92. The van der Waals surface area contributed by atoms with Gasteiger partial charge in [0, 0.05) is 37.0 Å². The SMILES string of the molecule is CC(C)c1noc(-c2cn([C@@H]3CCCN(C(=O)c4ccncc4)C3)nn2)n1. The number of carbonyl (C=O) groups excluding carboxylic acids is 1. The summed E-state index contributed by atoms with van der Waals surface area (Å²) in [5.74, 6) is 1.21. The van der Waals surface area contributed by atoms with E-state index in [0.29, 0.717) is 29.5 Å². The highest BCUT2D eigenvalue weighted by atomic mass is 16.5. The van der Waals surface area contributed by atoms with Gasteiger partial charge in [0.05, 0.1) is 12.2 Å². The third kappa shape index (κ3) is 3.57. The average Bonchev–Trinajstić information content (AvgIpc) is 3.38. The average molecular weight is 367 g/mol. The minimum atomic E-state index is 0.0147. The van der Waals surface area contributed by atoms with Crippen LogP contribution in [0.25, 0.3) is 11.6 Å². The van der Waals surface area contributed by atoms with Gasteiger partial charge < -0.3 is 9.42 Å². The van der Waals surface area contributed by atoms with E-state index in [9.17, 15) is 4.79 Å². The Balaban J connectivity index is 1.49. The molecule has 1 atom stereocenters. The largest absolute Gasteiger partial charge is 0.336 e. The van der Waals surface area contributed by atoms with Crippen LogP contribution in [0.4, 0.5) is 0 Å². The van der Waals surface area contributed by atoms with Crippen molar-refractivity contribution in [1.82, 2.24) is 35.0 Å². The van der Waals surface area contributed by atoms with Crippen molar-refractivity contribution in [2.45, 2.75) is 38.6 Å². The number of hydrogen-bond acceptors (Lipinski definition) is 7. The summed E-state index contributed by atoms with van der Waals surface area (Å²) in [5, 5.41) is 12.4. The second-order valence-electron chi connectivity index (χ2n) is 6.98. The first-order valence-corrected chi connectivity index (χ1v) is 9.07. The highest BCUT2D eigenvalue weighted by Gasteiger charge is 2.27. The molecule has 1 fully saturated rings. The van der Waals surface area contributed by atoms with Crippen molar-refractivity contribution in [3.63, 3.8) is 0 Å². The van der Waals surface area contributed by atoms with E-state index in [1.54, 1.807) is 29.2 Å². The zero-order chi connectivity index (χ0) is 18.8. The third-order valence-corrected chi connectivity index (χ3v) is 4.67. The molecule has 0 N–H and O–H groups in total. The fourth-order valence-electron chi connectivity index (χ4n) is 3.16. The van der Waals surface area contributed by atoms with Crippen LogP contribution in [-0.2, 0) is 0 Å². The molecule has 9 heteroatoms. The predicted octanol–water partition coefficient (Wildman–Crippen LogP) is 2.32. The van der Waals surface area contributed by atoms with Crippen LogP contribution in [0.2, 0.25) is 0 Å². The zero-order valence-electron chi connectivity index (χ0n) is 15.3. The fraction of sp³-hybridized carbons (Fsp3) is 0.444. The van der Waals surface area contributed by atoms with E-state index in [1.807, 2.05) is 24.9 Å². The Kier molecular flexibility index (Phi) is 4.66. The van der Waals surface area contributed by atoms with Crippen LogP contribution in [-0.4, -0.2) is 54.0 Å². The molecule has 0 radical (unpaired) electrons. The number of likely N-dealkylation sites (tertiary alicyclic amines) is 1. The summed E-state index contributed by atoms with van der Waals surface area (Å²) in [7, 11) is 0. The predicted molar refractivity (Wildman–Crippen MR) is 95.8 cm³/mol. The van der Waals surface area contributed by atoms with Crippen LogP contribution < -0.4 is 0 Å². The molecule has 1 aliphatic heterocycles. The van der Waals surface area contributed by atoms with E-state index in [-0.39, 0.29) is 17.9 Å². The Morgan fingerprint density at radius 1 is 1.30 bits per heavy atom. The van der Waals surface area contributed by atoms with Crippen molar-refractivity contribution in [1.29, 1.82) is 0 Å². The van der Waals surface area contributed by atoms with E-state index in [0.717, 1.165) is 19.4 Å². The molecule has 0 bridgehead atoms. The molecule has 0 saturated carbocycles. The van der Waals surface area contributed by atoms with Crippen LogP contribution in [0.5, 0.6) is 0 Å². The molecule has 3 aromatic rings. The molecule has 4 rings (SSSR count). The fourth-order valence-corrected chi connectivity index (χ4v) is 3.16. The summed E-state index contributed by atoms with van der Waals surface area (Å²) in [5.41, 5.74) is 1.20. The maximum absolute atomic E-state index is 12.7. The van der Waals surface area contributed by atoms with E-state index in [4.69, 9.17) is 4.52 Å². The molecule has 0 unspecified atom stereocenters. The second kappa shape index (κ2) is 7.26. The highest BCUT2D eigenvalue weighted by Crippen LogP contribution is 2.24. The van der Waals surface area contributed by atoms with Gasteiger partial charge in [0.25, 0.3) is 11.8 Å². The van der Waals surface area contributed by atoms with Crippen molar-refractivity contribution >= 4 is 5.91 Å². The molecule has 27 heavy (non-hydrogen) atoms. The number of hydrogen-bond donors (Lipinski definition) is 0. The normalized spacial score (nSPS) is 17.4. The second-order valence-corrected chi connectivity index (χ2v) is 6.98. The van der Waals surface area contributed by atoms with Crippen LogP contribution >= 0.6 is 0 Å².